The SMILES string of the molecule is Cc1ccc2[nH]c(-c3ccccc3)c(C=Nc3ccccc3C(=O)NN)c2c1. The van der Waals surface area contributed by atoms with E-state index in [1.807, 2.05) is 30.5 Å². The second-order valence-corrected chi connectivity index (χ2v) is 6.58. The van der Waals surface area contributed by atoms with E-state index in [-0.39, 0.29) is 5.91 Å². The van der Waals surface area contributed by atoms with Crippen LogP contribution in [0.4, 0.5) is 5.69 Å². The highest BCUT2D eigenvalue weighted by molar-refractivity contribution is 6.07. The number of hydrogen-bond acceptors (Lipinski definition) is 3. The van der Waals surface area contributed by atoms with Gasteiger partial charge < -0.3 is 4.98 Å². The van der Waals surface area contributed by atoms with Crippen molar-refractivity contribution in [3.05, 3.63) is 89.5 Å². The molecule has 4 aromatic rings. The molecule has 1 aromatic heterocycles. The van der Waals surface area contributed by atoms with Gasteiger partial charge in [-0.1, -0.05) is 54.1 Å². The van der Waals surface area contributed by atoms with Crippen molar-refractivity contribution >= 4 is 28.7 Å². The molecular weight excluding hydrogens is 348 g/mol. The molecule has 0 radical (unpaired) electrons. The largest absolute Gasteiger partial charge is 0.354 e. The van der Waals surface area contributed by atoms with E-state index in [1.165, 1.54) is 5.56 Å². The van der Waals surface area contributed by atoms with Gasteiger partial charge in [0.2, 0.25) is 0 Å². The second-order valence-electron chi connectivity index (χ2n) is 6.58. The fraction of sp³-hybridized carbons (Fsp3) is 0.0435. The van der Waals surface area contributed by atoms with Crippen LogP contribution < -0.4 is 11.3 Å². The Morgan fingerprint density at radius 1 is 1.04 bits per heavy atom. The Morgan fingerprint density at radius 2 is 1.79 bits per heavy atom. The third kappa shape index (κ3) is 3.31. The van der Waals surface area contributed by atoms with Crippen LogP contribution in [0.2, 0.25) is 0 Å². The van der Waals surface area contributed by atoms with E-state index >= 15 is 0 Å². The Kier molecular flexibility index (Phi) is 4.74. The summed E-state index contributed by atoms with van der Waals surface area (Å²) in [6, 6.07) is 23.5. The molecule has 3 aromatic carbocycles. The van der Waals surface area contributed by atoms with Crippen molar-refractivity contribution < 1.29 is 4.79 Å². The quantitative estimate of drug-likeness (QED) is 0.214. The number of nitrogens with one attached hydrogen (secondary N) is 2. The molecule has 28 heavy (non-hydrogen) atoms. The molecule has 0 fully saturated rings. The lowest BCUT2D eigenvalue weighted by Crippen LogP contribution is -2.29. The number of carbonyl (C=O) groups is 1. The fourth-order valence-electron chi connectivity index (χ4n) is 3.28. The lowest BCUT2D eigenvalue weighted by molar-refractivity contribution is 0.0954. The van der Waals surface area contributed by atoms with Gasteiger partial charge in [-0.05, 0) is 36.8 Å². The number of nitrogens with two attached hydrogens (primary N) is 1. The van der Waals surface area contributed by atoms with Crippen molar-refractivity contribution in [1.29, 1.82) is 0 Å². The summed E-state index contributed by atoms with van der Waals surface area (Å²) in [4.78, 5) is 20.1. The lowest BCUT2D eigenvalue weighted by atomic mass is 10.0. The number of H-pyrrole nitrogens is 1. The Bertz CT molecular complexity index is 1180. The summed E-state index contributed by atoms with van der Waals surface area (Å²) in [5, 5.41) is 1.09. The predicted molar refractivity (Wildman–Crippen MR) is 114 cm³/mol. The molecule has 0 atom stereocenters. The molecule has 5 heteroatoms. The summed E-state index contributed by atoms with van der Waals surface area (Å²) >= 11 is 0. The van der Waals surface area contributed by atoms with E-state index in [0.29, 0.717) is 11.3 Å². The third-order valence-electron chi connectivity index (χ3n) is 4.67. The van der Waals surface area contributed by atoms with Crippen LogP contribution in [-0.4, -0.2) is 17.1 Å². The van der Waals surface area contributed by atoms with Crippen molar-refractivity contribution in [3.8, 4) is 11.3 Å². The number of carbonyl (C=O) groups excluding carboxylic acids is 1. The van der Waals surface area contributed by atoms with Gasteiger partial charge in [0.1, 0.15) is 0 Å². The predicted octanol–water partition coefficient (Wildman–Crippen LogP) is 4.50. The highest BCUT2D eigenvalue weighted by atomic mass is 16.2. The Balaban J connectivity index is 1.88. The average Bonchev–Trinajstić information content (AvgIpc) is 3.10. The minimum Gasteiger partial charge on any atom is -0.354 e. The highest BCUT2D eigenvalue weighted by Crippen LogP contribution is 2.30. The maximum absolute atomic E-state index is 12.0. The van der Waals surface area contributed by atoms with Crippen molar-refractivity contribution in [2.45, 2.75) is 6.92 Å². The van der Waals surface area contributed by atoms with Crippen molar-refractivity contribution in [3.63, 3.8) is 0 Å². The standard InChI is InChI=1S/C23H20N4O/c1-15-11-12-21-18(13-15)19(22(26-21)16-7-3-2-4-8-16)14-25-20-10-6-5-9-17(20)23(28)27-24/h2-14,26H,24H2,1H3,(H,27,28). The number of amides is 1. The molecule has 0 saturated carbocycles. The van der Waals surface area contributed by atoms with E-state index in [4.69, 9.17) is 5.84 Å². The summed E-state index contributed by atoms with van der Waals surface area (Å²) in [5.41, 5.74) is 8.42. The van der Waals surface area contributed by atoms with E-state index in [2.05, 4.69) is 52.7 Å². The van der Waals surface area contributed by atoms with E-state index in [0.717, 1.165) is 27.7 Å². The Hall–Kier alpha value is -3.70. The van der Waals surface area contributed by atoms with E-state index < -0.39 is 0 Å². The van der Waals surface area contributed by atoms with Crippen LogP contribution in [0.25, 0.3) is 22.2 Å². The molecule has 1 amide bonds. The minimum atomic E-state index is -0.370. The lowest BCUT2D eigenvalue weighted by Gasteiger charge is -2.04. The smallest absolute Gasteiger partial charge is 0.267 e. The van der Waals surface area contributed by atoms with Crippen molar-refractivity contribution in [2.24, 2.45) is 10.8 Å². The first-order valence-electron chi connectivity index (χ1n) is 8.99. The number of nitrogens with zero attached hydrogens (tertiary/aromatic N) is 1. The topological polar surface area (TPSA) is 83.3 Å². The van der Waals surface area contributed by atoms with Crippen LogP contribution in [0.3, 0.4) is 0 Å². The van der Waals surface area contributed by atoms with Gasteiger partial charge in [0, 0.05) is 22.7 Å². The number of nitrogen functional groups attached to an aromatic ring is 1. The molecule has 5 nitrogen and oxygen atoms in total. The Morgan fingerprint density at radius 3 is 2.57 bits per heavy atom. The van der Waals surface area contributed by atoms with Crippen LogP contribution in [0.1, 0.15) is 21.5 Å². The second kappa shape index (κ2) is 7.50. The molecule has 0 aliphatic carbocycles. The number of aryl methyl sites for hydroxylation is 1. The van der Waals surface area contributed by atoms with Crippen molar-refractivity contribution in [2.75, 3.05) is 0 Å². The number of aromatic nitrogens is 1. The number of fused-ring (bicyclic) bond motifs is 1. The fourth-order valence-corrected chi connectivity index (χ4v) is 3.28. The molecule has 0 spiro atoms. The van der Waals surface area contributed by atoms with Gasteiger partial charge in [-0.15, -0.1) is 0 Å². The normalized spacial score (nSPS) is 11.2. The van der Waals surface area contributed by atoms with Crippen LogP contribution >= 0.6 is 0 Å². The number of rotatable bonds is 4. The minimum absolute atomic E-state index is 0.370. The summed E-state index contributed by atoms with van der Waals surface area (Å²) in [7, 11) is 0. The molecule has 0 aliphatic rings. The molecule has 0 saturated heterocycles. The third-order valence-corrected chi connectivity index (χ3v) is 4.67. The van der Waals surface area contributed by atoms with Gasteiger partial charge in [-0.2, -0.15) is 0 Å². The van der Waals surface area contributed by atoms with Crippen molar-refractivity contribution in [1.82, 2.24) is 10.4 Å². The number of aromatic amines is 1. The van der Waals surface area contributed by atoms with Crippen LogP contribution in [-0.2, 0) is 0 Å². The molecule has 4 rings (SSSR count). The molecule has 0 unspecified atom stereocenters. The molecule has 1 heterocycles. The van der Waals surface area contributed by atoms with Gasteiger partial charge in [-0.25, -0.2) is 5.84 Å². The molecule has 0 bridgehead atoms. The molecule has 0 aliphatic heterocycles. The maximum Gasteiger partial charge on any atom is 0.267 e. The zero-order valence-electron chi connectivity index (χ0n) is 15.4. The molecule has 138 valence electrons. The first-order chi connectivity index (χ1) is 13.7. The Labute approximate surface area is 162 Å². The number of benzene rings is 3. The van der Waals surface area contributed by atoms with Crippen LogP contribution in [0.15, 0.2) is 77.8 Å². The van der Waals surface area contributed by atoms with Gasteiger partial charge in [-0.3, -0.25) is 15.2 Å². The number of para-hydroxylation sites is 1. The summed E-state index contributed by atoms with van der Waals surface area (Å²) in [5.74, 6) is 4.93. The van der Waals surface area contributed by atoms with E-state index in [9.17, 15) is 4.79 Å². The van der Waals surface area contributed by atoms with Gasteiger partial charge in [0.05, 0.1) is 16.9 Å². The summed E-state index contributed by atoms with van der Waals surface area (Å²) < 4.78 is 0. The summed E-state index contributed by atoms with van der Waals surface area (Å²) in [6.07, 6.45) is 1.81. The maximum atomic E-state index is 12.0. The van der Waals surface area contributed by atoms with Gasteiger partial charge in [0.25, 0.3) is 5.91 Å². The van der Waals surface area contributed by atoms with E-state index in [1.54, 1.807) is 18.2 Å². The monoisotopic (exact) mass is 368 g/mol. The average molecular weight is 368 g/mol. The molecular formula is C23H20N4O. The first-order valence-corrected chi connectivity index (χ1v) is 8.99. The highest BCUT2D eigenvalue weighted by Gasteiger charge is 2.13. The number of hydrogen-bond donors (Lipinski definition) is 3. The van der Waals surface area contributed by atoms with Gasteiger partial charge >= 0.3 is 0 Å². The number of hydrazine groups is 1. The van der Waals surface area contributed by atoms with Crippen LogP contribution in [0, 0.1) is 6.92 Å². The van der Waals surface area contributed by atoms with Gasteiger partial charge in [0.15, 0.2) is 0 Å². The molecule has 4 N–H and O–H groups in total. The first kappa shape index (κ1) is 17.7. The zero-order chi connectivity index (χ0) is 19.5. The zero-order valence-corrected chi connectivity index (χ0v) is 15.4. The summed E-state index contributed by atoms with van der Waals surface area (Å²) in [6.45, 7) is 2.07. The number of aliphatic imine (C=N–C) groups is 1. The van der Waals surface area contributed by atoms with Crippen LogP contribution in [0.5, 0.6) is 0 Å².